The lowest BCUT2D eigenvalue weighted by molar-refractivity contribution is 0.159. The fraction of sp³-hybridized carbons (Fsp3) is 1.00. The quantitative estimate of drug-likeness (QED) is 0.436. The number of rotatable bonds is 14. The second kappa shape index (κ2) is 11.8. The summed E-state index contributed by atoms with van der Waals surface area (Å²) in [6, 6.07) is 2.11. The Hall–Kier alpha value is 0.274. The standard InChI is InChI=1S/C16H39NO3Si2/c1-8-11-13-17(14-12-9-2)22(18-4,19-5)16-15-21(6,7)20-10-3/h8-16H2,1-7H3. The van der Waals surface area contributed by atoms with Crippen molar-refractivity contribution in [3.05, 3.63) is 0 Å². The Morgan fingerprint density at radius 2 is 1.32 bits per heavy atom. The molecule has 0 aliphatic rings. The van der Waals surface area contributed by atoms with Crippen LogP contribution in [0.5, 0.6) is 0 Å². The monoisotopic (exact) mass is 349 g/mol. The molecule has 134 valence electrons. The summed E-state index contributed by atoms with van der Waals surface area (Å²) in [7, 11) is -0.246. The van der Waals surface area contributed by atoms with E-state index in [0.29, 0.717) is 0 Å². The molecule has 0 aromatic rings. The first kappa shape index (κ1) is 22.3. The van der Waals surface area contributed by atoms with Crippen molar-refractivity contribution >= 4 is 17.0 Å². The minimum Gasteiger partial charge on any atom is -0.418 e. The van der Waals surface area contributed by atoms with Crippen LogP contribution in [0, 0.1) is 0 Å². The van der Waals surface area contributed by atoms with Gasteiger partial charge in [0, 0.05) is 26.9 Å². The van der Waals surface area contributed by atoms with Crippen LogP contribution in [0.3, 0.4) is 0 Å². The first-order valence-corrected chi connectivity index (χ1v) is 14.0. The van der Waals surface area contributed by atoms with E-state index >= 15 is 0 Å². The number of hydrogen-bond acceptors (Lipinski definition) is 4. The van der Waals surface area contributed by atoms with E-state index < -0.39 is 17.0 Å². The van der Waals surface area contributed by atoms with Gasteiger partial charge in [0.05, 0.1) is 0 Å². The SMILES string of the molecule is CCCCN(CCCC)[Si](CC[Si](C)(C)OCC)(OC)OC. The molecule has 0 saturated carbocycles. The molecule has 0 heterocycles. The van der Waals surface area contributed by atoms with Gasteiger partial charge in [-0.05, 0) is 52.0 Å². The van der Waals surface area contributed by atoms with E-state index in [1.807, 2.05) is 14.2 Å². The number of nitrogens with zero attached hydrogens (tertiary/aromatic N) is 1. The first-order valence-electron chi connectivity index (χ1n) is 8.90. The molecule has 0 aromatic carbocycles. The lowest BCUT2D eigenvalue weighted by atomic mass is 10.3. The van der Waals surface area contributed by atoms with Crippen molar-refractivity contribution in [3.63, 3.8) is 0 Å². The van der Waals surface area contributed by atoms with Crippen LogP contribution in [-0.2, 0) is 13.3 Å². The summed E-state index contributed by atoms with van der Waals surface area (Å²) < 4.78 is 20.6. The fourth-order valence-electron chi connectivity index (χ4n) is 2.78. The maximum Gasteiger partial charge on any atom is 0.427 e. The minimum absolute atomic E-state index is 0.809. The normalized spacial score (nSPS) is 13.1. The van der Waals surface area contributed by atoms with Crippen LogP contribution in [-0.4, -0.2) is 55.5 Å². The summed E-state index contributed by atoms with van der Waals surface area (Å²) >= 11 is 0. The van der Waals surface area contributed by atoms with Gasteiger partial charge in [-0.1, -0.05) is 26.7 Å². The van der Waals surface area contributed by atoms with Crippen LogP contribution in [0.15, 0.2) is 0 Å². The van der Waals surface area contributed by atoms with E-state index in [2.05, 4.69) is 38.4 Å². The molecule has 0 rings (SSSR count). The van der Waals surface area contributed by atoms with E-state index in [-0.39, 0.29) is 0 Å². The number of unbranched alkanes of at least 4 members (excludes halogenated alkanes) is 2. The van der Waals surface area contributed by atoms with Crippen molar-refractivity contribution in [1.82, 2.24) is 4.57 Å². The van der Waals surface area contributed by atoms with Gasteiger partial charge in [-0.3, -0.25) is 4.57 Å². The van der Waals surface area contributed by atoms with Gasteiger partial charge in [0.2, 0.25) is 0 Å². The molecule has 6 heteroatoms. The highest BCUT2D eigenvalue weighted by molar-refractivity contribution is 6.74. The van der Waals surface area contributed by atoms with Crippen LogP contribution < -0.4 is 0 Å². The summed E-state index contributed by atoms with van der Waals surface area (Å²) in [5.41, 5.74) is 0. The zero-order valence-electron chi connectivity index (χ0n) is 16.0. The van der Waals surface area contributed by atoms with Crippen LogP contribution >= 0.6 is 0 Å². The molecule has 22 heavy (non-hydrogen) atoms. The van der Waals surface area contributed by atoms with Crippen molar-refractivity contribution in [3.8, 4) is 0 Å². The largest absolute Gasteiger partial charge is 0.427 e. The van der Waals surface area contributed by atoms with Crippen LogP contribution in [0.4, 0.5) is 0 Å². The smallest absolute Gasteiger partial charge is 0.418 e. The molecule has 0 atom stereocenters. The third-order valence-corrected chi connectivity index (χ3v) is 10.9. The molecular formula is C16H39NO3Si2. The van der Waals surface area contributed by atoms with Gasteiger partial charge in [0.25, 0.3) is 0 Å². The van der Waals surface area contributed by atoms with Crippen molar-refractivity contribution in [1.29, 1.82) is 0 Å². The lowest BCUT2D eigenvalue weighted by Gasteiger charge is -2.39. The molecule has 0 amide bonds. The van der Waals surface area contributed by atoms with Crippen LogP contribution in [0.25, 0.3) is 0 Å². The molecule has 0 fully saturated rings. The summed E-state index contributed by atoms with van der Waals surface area (Å²) in [6.45, 7) is 14.1. The van der Waals surface area contributed by atoms with E-state index in [1.54, 1.807) is 0 Å². The molecule has 4 nitrogen and oxygen atoms in total. The molecule has 0 bridgehead atoms. The van der Waals surface area contributed by atoms with Gasteiger partial charge in [0.1, 0.15) is 0 Å². The third-order valence-electron chi connectivity index (χ3n) is 4.26. The Morgan fingerprint density at radius 1 is 0.818 bits per heavy atom. The summed E-state index contributed by atoms with van der Waals surface area (Å²) in [5, 5.41) is 0. The van der Waals surface area contributed by atoms with Gasteiger partial charge >= 0.3 is 8.72 Å². The Morgan fingerprint density at radius 3 is 1.68 bits per heavy atom. The zero-order valence-corrected chi connectivity index (χ0v) is 18.0. The van der Waals surface area contributed by atoms with E-state index in [1.165, 1.54) is 25.7 Å². The van der Waals surface area contributed by atoms with E-state index in [0.717, 1.165) is 31.8 Å². The third kappa shape index (κ3) is 7.70. The zero-order chi connectivity index (χ0) is 17.1. The van der Waals surface area contributed by atoms with Crippen LogP contribution in [0.1, 0.15) is 46.5 Å². The van der Waals surface area contributed by atoms with Crippen molar-refractivity contribution in [2.45, 2.75) is 71.6 Å². The number of hydrogen-bond donors (Lipinski definition) is 0. The molecule has 0 spiro atoms. The maximum absolute atomic E-state index is 6.03. The highest BCUT2D eigenvalue weighted by atomic mass is 28.4. The Balaban J connectivity index is 4.96. The fourth-order valence-corrected chi connectivity index (χ4v) is 9.78. The first-order chi connectivity index (χ1) is 10.4. The van der Waals surface area contributed by atoms with Gasteiger partial charge < -0.3 is 13.3 Å². The molecule has 0 unspecified atom stereocenters. The summed E-state index contributed by atoms with van der Waals surface area (Å²) in [4.78, 5) is 0. The molecule has 0 saturated heterocycles. The Bertz CT molecular complexity index is 266. The van der Waals surface area contributed by atoms with Crippen molar-refractivity contribution in [2.75, 3.05) is 33.9 Å². The maximum atomic E-state index is 6.03. The topological polar surface area (TPSA) is 30.9 Å². The second-order valence-corrected chi connectivity index (χ2v) is 14.2. The van der Waals surface area contributed by atoms with E-state index in [4.69, 9.17) is 13.3 Å². The van der Waals surface area contributed by atoms with Crippen molar-refractivity contribution < 1.29 is 13.3 Å². The molecule has 0 aromatic heterocycles. The molecule has 0 aliphatic carbocycles. The predicted molar refractivity (Wildman–Crippen MR) is 99.9 cm³/mol. The highest BCUT2D eigenvalue weighted by Gasteiger charge is 2.44. The molecule has 0 N–H and O–H groups in total. The summed E-state index contributed by atoms with van der Waals surface area (Å²) in [6.07, 6.45) is 4.83. The van der Waals surface area contributed by atoms with Gasteiger partial charge in [-0.25, -0.2) is 0 Å². The van der Waals surface area contributed by atoms with Gasteiger partial charge in [-0.15, -0.1) is 0 Å². The Labute approximate surface area is 141 Å². The minimum atomic E-state index is -2.30. The molecular weight excluding hydrogens is 310 g/mol. The predicted octanol–water partition coefficient (Wildman–Crippen LogP) is 4.36. The molecule has 0 aliphatic heterocycles. The van der Waals surface area contributed by atoms with Crippen molar-refractivity contribution in [2.24, 2.45) is 0 Å². The second-order valence-electron chi connectivity index (χ2n) is 6.51. The van der Waals surface area contributed by atoms with Crippen LogP contribution in [0.2, 0.25) is 25.2 Å². The molecule has 0 radical (unpaired) electrons. The van der Waals surface area contributed by atoms with E-state index in [9.17, 15) is 0 Å². The Kier molecular flexibility index (Phi) is 11.9. The highest BCUT2D eigenvalue weighted by Crippen LogP contribution is 2.26. The lowest BCUT2D eigenvalue weighted by Crippen LogP contribution is -2.58. The average molecular weight is 350 g/mol. The van der Waals surface area contributed by atoms with Gasteiger partial charge in [-0.2, -0.15) is 0 Å². The van der Waals surface area contributed by atoms with Gasteiger partial charge in [0.15, 0.2) is 8.32 Å². The summed E-state index contributed by atoms with van der Waals surface area (Å²) in [5.74, 6) is 0. The average Bonchev–Trinajstić information content (AvgIpc) is 2.50.